The van der Waals surface area contributed by atoms with Crippen molar-refractivity contribution in [2.75, 3.05) is 0 Å². The minimum atomic E-state index is -0.464. The van der Waals surface area contributed by atoms with E-state index >= 15 is 0 Å². The standard InChI is InChI=1S/C14H12N2O4/c17-14-7-2-1-5-12(14)9-15-20-10-11-4-3-6-13(8-11)16(18)19/h1-9,17H,10H2/b15-9-. The van der Waals surface area contributed by atoms with E-state index in [1.165, 1.54) is 18.3 Å². The summed E-state index contributed by atoms with van der Waals surface area (Å²) in [5.41, 5.74) is 1.19. The van der Waals surface area contributed by atoms with Crippen molar-refractivity contribution in [3.63, 3.8) is 0 Å². The zero-order valence-corrected chi connectivity index (χ0v) is 10.5. The number of benzene rings is 2. The van der Waals surface area contributed by atoms with Gasteiger partial charge in [0.15, 0.2) is 0 Å². The van der Waals surface area contributed by atoms with Crippen LogP contribution < -0.4 is 0 Å². The summed E-state index contributed by atoms with van der Waals surface area (Å²) in [6.45, 7) is 0.117. The number of nitrogens with zero attached hydrogens (tertiary/aromatic N) is 2. The summed E-state index contributed by atoms with van der Waals surface area (Å²) in [5.74, 6) is 0.107. The van der Waals surface area contributed by atoms with Crippen molar-refractivity contribution < 1.29 is 14.9 Å². The number of aromatic hydroxyl groups is 1. The number of phenolic OH excluding ortho intramolecular Hbond substituents is 1. The quantitative estimate of drug-likeness (QED) is 0.515. The maximum atomic E-state index is 10.6. The van der Waals surface area contributed by atoms with Gasteiger partial charge in [0, 0.05) is 17.7 Å². The average Bonchev–Trinajstić information content (AvgIpc) is 2.45. The molecule has 2 aromatic carbocycles. The van der Waals surface area contributed by atoms with E-state index in [-0.39, 0.29) is 18.0 Å². The minimum Gasteiger partial charge on any atom is -0.507 e. The predicted octanol–water partition coefficient (Wildman–Crippen LogP) is 2.85. The predicted molar refractivity (Wildman–Crippen MR) is 73.6 cm³/mol. The van der Waals surface area contributed by atoms with E-state index in [4.69, 9.17) is 4.84 Å². The highest BCUT2D eigenvalue weighted by Crippen LogP contribution is 2.15. The van der Waals surface area contributed by atoms with Gasteiger partial charge in [-0.2, -0.15) is 0 Å². The molecular weight excluding hydrogens is 260 g/mol. The van der Waals surface area contributed by atoms with Gasteiger partial charge in [0.25, 0.3) is 5.69 Å². The Morgan fingerprint density at radius 2 is 2.05 bits per heavy atom. The smallest absolute Gasteiger partial charge is 0.269 e. The molecule has 0 aromatic heterocycles. The molecule has 0 aliphatic rings. The first-order valence-electron chi connectivity index (χ1n) is 5.83. The highest BCUT2D eigenvalue weighted by atomic mass is 16.6. The van der Waals surface area contributed by atoms with Crippen LogP contribution in [0.3, 0.4) is 0 Å². The third-order valence-electron chi connectivity index (χ3n) is 2.56. The molecule has 0 saturated heterocycles. The summed E-state index contributed by atoms with van der Waals surface area (Å²) < 4.78 is 0. The van der Waals surface area contributed by atoms with Crippen LogP contribution in [-0.4, -0.2) is 16.2 Å². The van der Waals surface area contributed by atoms with Crippen molar-refractivity contribution in [1.29, 1.82) is 0 Å². The van der Waals surface area contributed by atoms with Crippen LogP contribution in [0.1, 0.15) is 11.1 Å². The van der Waals surface area contributed by atoms with Gasteiger partial charge in [0.05, 0.1) is 11.1 Å². The van der Waals surface area contributed by atoms with Crippen LogP contribution in [-0.2, 0) is 11.4 Å². The van der Waals surface area contributed by atoms with Gasteiger partial charge in [0.1, 0.15) is 12.4 Å². The van der Waals surface area contributed by atoms with Crippen molar-refractivity contribution in [3.8, 4) is 5.75 Å². The first-order valence-corrected chi connectivity index (χ1v) is 5.83. The molecule has 0 fully saturated rings. The van der Waals surface area contributed by atoms with E-state index in [0.717, 1.165) is 0 Å². The minimum absolute atomic E-state index is 0.00998. The van der Waals surface area contributed by atoms with Crippen LogP contribution in [0, 0.1) is 10.1 Å². The summed E-state index contributed by atoms with van der Waals surface area (Å²) in [6.07, 6.45) is 1.38. The molecule has 6 heteroatoms. The lowest BCUT2D eigenvalue weighted by atomic mass is 10.2. The summed E-state index contributed by atoms with van der Waals surface area (Å²) in [7, 11) is 0. The number of rotatable bonds is 5. The maximum Gasteiger partial charge on any atom is 0.269 e. The van der Waals surface area contributed by atoms with Crippen LogP contribution >= 0.6 is 0 Å². The van der Waals surface area contributed by atoms with Gasteiger partial charge in [0.2, 0.25) is 0 Å². The second-order valence-electron chi connectivity index (χ2n) is 3.99. The molecule has 0 amide bonds. The van der Waals surface area contributed by atoms with E-state index in [2.05, 4.69) is 5.16 Å². The molecule has 2 rings (SSSR count). The molecule has 2 aromatic rings. The SMILES string of the molecule is O=[N+]([O-])c1cccc(CO/N=C\c2ccccc2O)c1. The largest absolute Gasteiger partial charge is 0.507 e. The van der Waals surface area contributed by atoms with E-state index in [0.29, 0.717) is 11.1 Å². The lowest BCUT2D eigenvalue weighted by molar-refractivity contribution is -0.384. The Morgan fingerprint density at radius 3 is 2.80 bits per heavy atom. The maximum absolute atomic E-state index is 10.6. The van der Waals surface area contributed by atoms with Crippen LogP contribution in [0.15, 0.2) is 53.7 Å². The molecule has 6 nitrogen and oxygen atoms in total. The van der Waals surface area contributed by atoms with Crippen molar-refractivity contribution in [2.45, 2.75) is 6.61 Å². The fourth-order valence-electron chi connectivity index (χ4n) is 1.56. The van der Waals surface area contributed by atoms with Crippen LogP contribution in [0.5, 0.6) is 5.75 Å². The average molecular weight is 272 g/mol. The normalized spacial score (nSPS) is 10.6. The Labute approximate surface area is 115 Å². The number of para-hydroxylation sites is 1. The van der Waals surface area contributed by atoms with Crippen LogP contribution in [0.2, 0.25) is 0 Å². The number of non-ortho nitro benzene ring substituents is 1. The van der Waals surface area contributed by atoms with Crippen molar-refractivity contribution in [1.82, 2.24) is 0 Å². The molecule has 0 aliphatic carbocycles. The Hall–Kier alpha value is -2.89. The van der Waals surface area contributed by atoms with Gasteiger partial charge >= 0.3 is 0 Å². The van der Waals surface area contributed by atoms with Crippen molar-refractivity contribution in [2.24, 2.45) is 5.16 Å². The first-order chi connectivity index (χ1) is 9.66. The van der Waals surface area contributed by atoms with Gasteiger partial charge in [-0.15, -0.1) is 0 Å². The van der Waals surface area contributed by atoms with Gasteiger partial charge in [-0.1, -0.05) is 29.4 Å². The second-order valence-corrected chi connectivity index (χ2v) is 3.99. The molecule has 0 radical (unpaired) electrons. The molecule has 0 unspecified atom stereocenters. The summed E-state index contributed by atoms with van der Waals surface area (Å²) >= 11 is 0. The number of hydrogen-bond acceptors (Lipinski definition) is 5. The molecule has 0 aliphatic heterocycles. The van der Waals surface area contributed by atoms with Gasteiger partial charge in [-0.25, -0.2) is 0 Å². The fraction of sp³-hybridized carbons (Fsp3) is 0.0714. The second kappa shape index (κ2) is 6.33. The molecule has 0 atom stereocenters. The zero-order valence-electron chi connectivity index (χ0n) is 10.5. The van der Waals surface area contributed by atoms with Crippen molar-refractivity contribution >= 4 is 11.9 Å². The number of nitro groups is 1. The lowest BCUT2D eigenvalue weighted by Crippen LogP contribution is -1.92. The van der Waals surface area contributed by atoms with E-state index in [9.17, 15) is 15.2 Å². The molecular formula is C14H12N2O4. The molecule has 0 heterocycles. The number of nitro benzene ring substituents is 1. The molecule has 102 valence electrons. The summed E-state index contributed by atoms with van der Waals surface area (Å²) in [6, 6.07) is 12.8. The van der Waals surface area contributed by atoms with Gasteiger partial charge in [-0.05, 0) is 17.7 Å². The highest BCUT2D eigenvalue weighted by molar-refractivity contribution is 5.82. The van der Waals surface area contributed by atoms with Gasteiger partial charge < -0.3 is 9.94 Å². The first kappa shape index (κ1) is 13.5. The lowest BCUT2D eigenvalue weighted by Gasteiger charge is -2.00. The molecule has 0 spiro atoms. The Bertz CT molecular complexity index is 641. The monoisotopic (exact) mass is 272 g/mol. The number of oxime groups is 1. The van der Waals surface area contributed by atoms with E-state index in [1.54, 1.807) is 36.4 Å². The number of phenols is 1. The van der Waals surface area contributed by atoms with Crippen LogP contribution in [0.25, 0.3) is 0 Å². The van der Waals surface area contributed by atoms with Crippen LogP contribution in [0.4, 0.5) is 5.69 Å². The zero-order chi connectivity index (χ0) is 14.4. The topological polar surface area (TPSA) is 85.0 Å². The summed E-state index contributed by atoms with van der Waals surface area (Å²) in [5, 5.41) is 23.8. The summed E-state index contributed by atoms with van der Waals surface area (Å²) in [4.78, 5) is 15.2. The third-order valence-corrected chi connectivity index (χ3v) is 2.56. The molecule has 0 saturated carbocycles. The molecule has 1 N–H and O–H groups in total. The van der Waals surface area contributed by atoms with Crippen molar-refractivity contribution in [3.05, 3.63) is 69.8 Å². The van der Waals surface area contributed by atoms with E-state index in [1.807, 2.05) is 0 Å². The number of hydrogen-bond donors (Lipinski definition) is 1. The highest BCUT2D eigenvalue weighted by Gasteiger charge is 2.05. The Kier molecular flexibility index (Phi) is 4.28. The fourth-order valence-corrected chi connectivity index (χ4v) is 1.56. The van der Waals surface area contributed by atoms with E-state index < -0.39 is 4.92 Å². The third kappa shape index (κ3) is 3.55. The van der Waals surface area contributed by atoms with Gasteiger partial charge in [-0.3, -0.25) is 10.1 Å². The Morgan fingerprint density at radius 1 is 1.25 bits per heavy atom. The Balaban J connectivity index is 1.95. The molecule has 20 heavy (non-hydrogen) atoms. The molecule has 0 bridgehead atoms.